The Kier molecular flexibility index (Phi) is 9.52. The van der Waals surface area contributed by atoms with Crippen molar-refractivity contribution in [2.75, 3.05) is 12.4 Å². The molecule has 9 heteroatoms. The van der Waals surface area contributed by atoms with E-state index in [9.17, 15) is 18.0 Å². The number of hydrogen-bond acceptors (Lipinski definition) is 5. The zero-order valence-corrected chi connectivity index (χ0v) is 20.7. The fourth-order valence-electron chi connectivity index (χ4n) is 3.30. The number of thioether (sulfide) groups is 1. The lowest BCUT2D eigenvalue weighted by molar-refractivity contribution is -0.139. The summed E-state index contributed by atoms with van der Waals surface area (Å²) in [4.78, 5) is 11.8. The number of alkyl halides is 3. The van der Waals surface area contributed by atoms with Crippen LogP contribution < -0.4 is 14.2 Å². The van der Waals surface area contributed by atoms with Crippen molar-refractivity contribution in [3.63, 3.8) is 0 Å². The maximum absolute atomic E-state index is 13.3. The smallest absolute Gasteiger partial charge is 0.416 e. The van der Waals surface area contributed by atoms with E-state index in [2.05, 4.69) is 0 Å². The average molecular weight is 521 g/mol. The number of benzene rings is 3. The number of carbonyl (C=O) groups is 1. The van der Waals surface area contributed by atoms with Crippen LogP contribution >= 0.6 is 11.8 Å². The molecule has 0 aromatic heterocycles. The molecule has 3 aromatic carbocycles. The van der Waals surface area contributed by atoms with Crippen LogP contribution in [0.1, 0.15) is 31.4 Å². The first-order chi connectivity index (χ1) is 17.2. The zero-order valence-electron chi connectivity index (χ0n) is 19.9. The molecule has 0 aliphatic heterocycles. The number of para-hydroxylation sites is 1. The summed E-state index contributed by atoms with van der Waals surface area (Å²) in [5.74, 6) is 0.865. The summed E-state index contributed by atoms with van der Waals surface area (Å²) >= 11 is 1.60. The highest BCUT2D eigenvalue weighted by Crippen LogP contribution is 2.39. The Balaban J connectivity index is 1.63. The van der Waals surface area contributed by atoms with E-state index >= 15 is 0 Å². The van der Waals surface area contributed by atoms with Crippen LogP contribution in [0.5, 0.6) is 23.0 Å². The van der Waals surface area contributed by atoms with Crippen molar-refractivity contribution >= 4 is 17.7 Å². The minimum absolute atomic E-state index is 0.0000605. The predicted molar refractivity (Wildman–Crippen MR) is 132 cm³/mol. The first kappa shape index (κ1) is 27.3. The number of aryl methyl sites for hydroxylation is 1. The van der Waals surface area contributed by atoms with E-state index in [-0.39, 0.29) is 17.6 Å². The van der Waals surface area contributed by atoms with Crippen molar-refractivity contribution < 1.29 is 37.3 Å². The van der Waals surface area contributed by atoms with Gasteiger partial charge in [0, 0.05) is 10.6 Å². The minimum Gasteiger partial charge on any atom is -0.487 e. The normalized spacial score (nSPS) is 12.1. The Morgan fingerprint density at radius 3 is 2.39 bits per heavy atom. The van der Waals surface area contributed by atoms with Gasteiger partial charge >= 0.3 is 12.1 Å². The monoisotopic (exact) mass is 520 g/mol. The summed E-state index contributed by atoms with van der Waals surface area (Å²) in [6, 6.07) is 17.4. The molecule has 1 N–H and O–H groups in total. The van der Waals surface area contributed by atoms with E-state index in [4.69, 9.17) is 19.3 Å². The van der Waals surface area contributed by atoms with E-state index in [1.807, 2.05) is 26.0 Å². The number of rotatable bonds is 12. The molecule has 0 fully saturated rings. The summed E-state index contributed by atoms with van der Waals surface area (Å²) in [7, 11) is 0. The largest absolute Gasteiger partial charge is 0.487 e. The third-order valence-corrected chi connectivity index (χ3v) is 6.15. The maximum atomic E-state index is 13.3. The number of halogens is 3. The molecule has 3 aromatic rings. The summed E-state index contributed by atoms with van der Waals surface area (Å²) in [5.41, 5.74) is 0.101. The standard InChI is InChI=1S/C27H27F3O5S/c1-3-19-15-22(10-12-23(19)33-17-26(31)32)36-14-13-18(2)34-24-11-9-20(27(28,29)30)16-25(24)35-21-7-5-4-6-8-21/h4-12,15-16,18H,3,13-14,17H2,1-2H3,(H,31,32). The van der Waals surface area contributed by atoms with E-state index < -0.39 is 24.3 Å². The third kappa shape index (κ3) is 8.12. The van der Waals surface area contributed by atoms with Crippen LogP contribution in [0.25, 0.3) is 0 Å². The van der Waals surface area contributed by atoms with E-state index in [0.717, 1.165) is 22.6 Å². The Morgan fingerprint density at radius 2 is 1.72 bits per heavy atom. The highest BCUT2D eigenvalue weighted by atomic mass is 32.2. The second-order valence-electron chi connectivity index (χ2n) is 7.95. The molecule has 0 heterocycles. The van der Waals surface area contributed by atoms with Crippen molar-refractivity contribution in [3.8, 4) is 23.0 Å². The Morgan fingerprint density at radius 1 is 1.00 bits per heavy atom. The van der Waals surface area contributed by atoms with E-state index in [1.54, 1.807) is 48.2 Å². The van der Waals surface area contributed by atoms with Gasteiger partial charge in [0.1, 0.15) is 11.5 Å². The molecule has 3 rings (SSSR count). The molecule has 5 nitrogen and oxygen atoms in total. The highest BCUT2D eigenvalue weighted by molar-refractivity contribution is 7.99. The van der Waals surface area contributed by atoms with Crippen molar-refractivity contribution in [2.24, 2.45) is 0 Å². The van der Waals surface area contributed by atoms with Crippen molar-refractivity contribution in [3.05, 3.63) is 77.9 Å². The van der Waals surface area contributed by atoms with E-state index in [1.165, 1.54) is 6.07 Å². The highest BCUT2D eigenvalue weighted by Gasteiger charge is 2.31. The molecule has 0 amide bonds. The number of carboxylic acid groups (broad SMARTS) is 1. The van der Waals surface area contributed by atoms with Crippen molar-refractivity contribution in [1.29, 1.82) is 0 Å². The molecular weight excluding hydrogens is 493 g/mol. The van der Waals surface area contributed by atoms with Crippen LogP contribution in [0.3, 0.4) is 0 Å². The minimum atomic E-state index is -4.50. The van der Waals surface area contributed by atoms with Gasteiger partial charge < -0.3 is 19.3 Å². The number of carboxylic acids is 1. The quantitative estimate of drug-likeness (QED) is 0.250. The lowest BCUT2D eigenvalue weighted by Gasteiger charge is -2.19. The zero-order chi connectivity index (χ0) is 26.1. The summed E-state index contributed by atoms with van der Waals surface area (Å²) in [6.45, 7) is 3.42. The SMILES string of the molecule is CCc1cc(SCCC(C)Oc2ccc(C(F)(F)F)cc2Oc2ccccc2)ccc1OCC(=O)O. The average Bonchev–Trinajstić information content (AvgIpc) is 2.84. The first-order valence-electron chi connectivity index (χ1n) is 11.4. The van der Waals surface area contributed by atoms with Gasteiger partial charge in [0.25, 0.3) is 0 Å². The van der Waals surface area contributed by atoms with Crippen molar-refractivity contribution in [2.45, 2.75) is 43.9 Å². The molecule has 0 saturated heterocycles. The lowest BCUT2D eigenvalue weighted by Crippen LogP contribution is -2.14. The van der Waals surface area contributed by atoms with Gasteiger partial charge in [0.05, 0.1) is 11.7 Å². The fraction of sp³-hybridized carbons (Fsp3) is 0.296. The summed E-state index contributed by atoms with van der Waals surface area (Å²) in [6.07, 6.45) is -3.45. The van der Waals surface area contributed by atoms with Gasteiger partial charge in [0.15, 0.2) is 18.1 Å². The molecule has 0 bridgehead atoms. The second-order valence-corrected chi connectivity index (χ2v) is 9.11. The van der Waals surface area contributed by atoms with Crippen LogP contribution in [0.15, 0.2) is 71.6 Å². The number of hydrogen-bond donors (Lipinski definition) is 1. The van der Waals surface area contributed by atoms with E-state index in [0.29, 0.717) is 30.1 Å². The Hall–Kier alpha value is -3.33. The Labute approximate surface area is 212 Å². The molecule has 0 radical (unpaired) electrons. The van der Waals surface area contributed by atoms with Crippen LogP contribution in [0, 0.1) is 0 Å². The maximum Gasteiger partial charge on any atom is 0.416 e. The molecule has 192 valence electrons. The Bertz CT molecular complexity index is 1150. The van der Waals surface area contributed by atoms with Gasteiger partial charge in [-0.1, -0.05) is 25.1 Å². The molecule has 0 aliphatic rings. The molecule has 1 atom stereocenters. The number of aliphatic carboxylic acids is 1. The second kappa shape index (κ2) is 12.6. The van der Waals surface area contributed by atoms with Crippen LogP contribution in [0.2, 0.25) is 0 Å². The van der Waals surface area contributed by atoms with Crippen LogP contribution in [-0.4, -0.2) is 29.5 Å². The molecule has 1 unspecified atom stereocenters. The van der Waals surface area contributed by atoms with Gasteiger partial charge in [-0.05, 0) is 73.9 Å². The molecule has 36 heavy (non-hydrogen) atoms. The van der Waals surface area contributed by atoms with Gasteiger partial charge in [-0.2, -0.15) is 13.2 Å². The van der Waals surface area contributed by atoms with Crippen molar-refractivity contribution in [1.82, 2.24) is 0 Å². The predicted octanol–water partition coefficient (Wildman–Crippen LogP) is 7.47. The molecule has 0 saturated carbocycles. The van der Waals surface area contributed by atoms with Gasteiger partial charge in [-0.15, -0.1) is 11.8 Å². The third-order valence-electron chi connectivity index (χ3n) is 5.13. The fourth-order valence-corrected chi connectivity index (χ4v) is 4.37. The molecule has 0 spiro atoms. The van der Waals surface area contributed by atoms with Gasteiger partial charge in [0.2, 0.25) is 0 Å². The first-order valence-corrected chi connectivity index (χ1v) is 12.4. The number of ether oxygens (including phenoxy) is 3. The molecule has 0 aliphatic carbocycles. The summed E-state index contributed by atoms with van der Waals surface area (Å²) in [5, 5.41) is 8.81. The van der Waals surface area contributed by atoms with Gasteiger partial charge in [-0.3, -0.25) is 0 Å². The molecular formula is C27H27F3O5S. The summed E-state index contributed by atoms with van der Waals surface area (Å²) < 4.78 is 56.8. The topological polar surface area (TPSA) is 65.0 Å². The van der Waals surface area contributed by atoms with Crippen LogP contribution in [-0.2, 0) is 17.4 Å². The van der Waals surface area contributed by atoms with Crippen LogP contribution in [0.4, 0.5) is 13.2 Å². The van der Waals surface area contributed by atoms with Gasteiger partial charge in [-0.25, -0.2) is 4.79 Å². The lowest BCUT2D eigenvalue weighted by atomic mass is 10.1.